The summed E-state index contributed by atoms with van der Waals surface area (Å²) in [6.07, 6.45) is 6.95. The van der Waals surface area contributed by atoms with E-state index in [4.69, 9.17) is 0 Å². The van der Waals surface area contributed by atoms with Crippen LogP contribution in [0.3, 0.4) is 0 Å². The zero-order valence-electron chi connectivity index (χ0n) is 7.42. The molecule has 0 N–H and O–H groups in total. The molecule has 0 spiro atoms. The van der Waals surface area contributed by atoms with E-state index in [9.17, 15) is 0 Å². The Morgan fingerprint density at radius 1 is 1.42 bits per heavy atom. The second-order valence-corrected chi connectivity index (χ2v) is 6.85. The Hall–Kier alpha value is -0.343. The molecule has 0 saturated carbocycles. The van der Waals surface area contributed by atoms with Gasteiger partial charge < -0.3 is 0 Å². The summed E-state index contributed by atoms with van der Waals surface area (Å²) in [7, 11) is -0.222. The SMILES string of the molecule is C[Si](C)=CC1=CC2=CCSC2=C1. The number of thioether (sulfide) groups is 1. The maximum Gasteiger partial charge on any atom is 0.0170 e. The molecule has 0 unspecified atom stereocenters. The first-order valence-electron chi connectivity index (χ1n) is 4.17. The van der Waals surface area contributed by atoms with Crippen LogP contribution < -0.4 is 0 Å². The zero-order valence-corrected chi connectivity index (χ0v) is 9.24. The van der Waals surface area contributed by atoms with Crippen LogP contribution in [0.15, 0.2) is 34.3 Å². The Morgan fingerprint density at radius 2 is 2.25 bits per heavy atom. The van der Waals surface area contributed by atoms with Crippen LogP contribution in [-0.2, 0) is 0 Å². The molecule has 2 rings (SSSR count). The molecule has 0 fully saturated rings. The van der Waals surface area contributed by atoms with E-state index in [1.165, 1.54) is 21.8 Å². The average Bonchev–Trinajstić information content (AvgIpc) is 2.43. The predicted octanol–water partition coefficient (Wildman–Crippen LogP) is 2.62. The topological polar surface area (TPSA) is 0 Å². The van der Waals surface area contributed by atoms with Crippen molar-refractivity contribution in [1.29, 1.82) is 0 Å². The molecule has 1 aliphatic carbocycles. The minimum atomic E-state index is -0.222. The predicted molar refractivity (Wildman–Crippen MR) is 60.3 cm³/mol. The Labute approximate surface area is 79.3 Å². The van der Waals surface area contributed by atoms with Gasteiger partial charge >= 0.3 is 0 Å². The van der Waals surface area contributed by atoms with E-state index in [1.54, 1.807) is 0 Å². The Bertz CT molecular complexity index is 328. The molecule has 0 amide bonds. The van der Waals surface area contributed by atoms with Gasteiger partial charge in [-0.05, 0) is 23.3 Å². The van der Waals surface area contributed by atoms with Crippen molar-refractivity contribution in [1.82, 2.24) is 0 Å². The van der Waals surface area contributed by atoms with Crippen molar-refractivity contribution < 1.29 is 0 Å². The van der Waals surface area contributed by atoms with Crippen LogP contribution in [0.2, 0.25) is 13.1 Å². The lowest BCUT2D eigenvalue weighted by molar-refractivity contribution is 1.70. The number of hydrogen-bond acceptors (Lipinski definition) is 1. The molecule has 12 heavy (non-hydrogen) atoms. The molecule has 0 aromatic carbocycles. The molecular weight excluding hydrogens is 180 g/mol. The van der Waals surface area contributed by atoms with Gasteiger partial charge in [0.2, 0.25) is 0 Å². The third-order valence-electron chi connectivity index (χ3n) is 1.90. The molecule has 0 saturated heterocycles. The van der Waals surface area contributed by atoms with Crippen molar-refractivity contribution >= 4 is 25.8 Å². The summed E-state index contributed by atoms with van der Waals surface area (Å²) in [4.78, 5) is 1.48. The van der Waals surface area contributed by atoms with Crippen molar-refractivity contribution in [2.24, 2.45) is 0 Å². The zero-order chi connectivity index (χ0) is 8.55. The monoisotopic (exact) mass is 192 g/mol. The molecule has 1 aliphatic heterocycles. The highest BCUT2D eigenvalue weighted by Gasteiger charge is 2.15. The number of allylic oxidation sites excluding steroid dienone is 4. The van der Waals surface area contributed by atoms with Crippen molar-refractivity contribution in [3.05, 3.63) is 34.3 Å². The van der Waals surface area contributed by atoms with Gasteiger partial charge in [0.1, 0.15) is 0 Å². The van der Waals surface area contributed by atoms with Crippen LogP contribution in [0.5, 0.6) is 0 Å². The molecule has 2 heteroatoms. The standard InChI is InChI=1S/C10H12SSi/c1-12(2)7-8-5-9-3-4-11-10(9)6-8/h3,5-7H,4H2,1-2H3. The van der Waals surface area contributed by atoms with Gasteiger partial charge in [-0.3, -0.25) is 0 Å². The number of fused-ring (bicyclic) bond motifs is 1. The van der Waals surface area contributed by atoms with Crippen LogP contribution in [0.4, 0.5) is 0 Å². The minimum Gasteiger partial charge on any atom is -0.121 e. The summed E-state index contributed by atoms with van der Waals surface area (Å²) in [6.45, 7) is 4.64. The van der Waals surface area contributed by atoms with E-state index in [2.05, 4.69) is 37.0 Å². The lowest BCUT2D eigenvalue weighted by Crippen LogP contribution is -1.92. The van der Waals surface area contributed by atoms with Gasteiger partial charge in [0.05, 0.1) is 0 Å². The first-order valence-corrected chi connectivity index (χ1v) is 7.73. The van der Waals surface area contributed by atoms with Gasteiger partial charge in [0.25, 0.3) is 0 Å². The smallest absolute Gasteiger partial charge is 0.0170 e. The van der Waals surface area contributed by atoms with Crippen LogP contribution in [-0.4, -0.2) is 19.8 Å². The van der Waals surface area contributed by atoms with Crippen molar-refractivity contribution in [2.45, 2.75) is 13.1 Å². The van der Waals surface area contributed by atoms with Gasteiger partial charge in [-0.2, -0.15) is 0 Å². The van der Waals surface area contributed by atoms with Crippen molar-refractivity contribution in [3.63, 3.8) is 0 Å². The number of rotatable bonds is 1. The fraction of sp³-hybridized carbons (Fsp3) is 0.300. The molecule has 1 heterocycles. The molecule has 0 aromatic rings. The maximum atomic E-state index is 2.41. The number of hydrogen-bond donors (Lipinski definition) is 0. The first kappa shape index (κ1) is 8.26. The highest BCUT2D eigenvalue weighted by molar-refractivity contribution is 8.03. The highest BCUT2D eigenvalue weighted by atomic mass is 32.2. The van der Waals surface area contributed by atoms with Crippen molar-refractivity contribution in [3.8, 4) is 0 Å². The third-order valence-corrected chi connectivity index (χ3v) is 3.81. The van der Waals surface area contributed by atoms with E-state index in [-0.39, 0.29) is 8.41 Å². The van der Waals surface area contributed by atoms with Gasteiger partial charge in [-0.15, -0.1) is 11.8 Å². The molecule has 0 aromatic heterocycles. The largest absolute Gasteiger partial charge is 0.121 e. The summed E-state index contributed by atoms with van der Waals surface area (Å²) >= 11 is 1.95. The quantitative estimate of drug-likeness (QED) is 0.576. The van der Waals surface area contributed by atoms with Crippen LogP contribution in [0.25, 0.3) is 0 Å². The molecule has 0 nitrogen and oxygen atoms in total. The van der Waals surface area contributed by atoms with E-state index in [1.807, 2.05) is 11.8 Å². The first-order chi connectivity index (χ1) is 5.75. The van der Waals surface area contributed by atoms with Crippen LogP contribution >= 0.6 is 11.8 Å². The summed E-state index contributed by atoms with van der Waals surface area (Å²) in [5.41, 5.74) is 5.30. The lowest BCUT2D eigenvalue weighted by Gasteiger charge is -1.89. The Kier molecular flexibility index (Phi) is 2.20. The van der Waals surface area contributed by atoms with Gasteiger partial charge in [0, 0.05) is 19.1 Å². The van der Waals surface area contributed by atoms with Gasteiger partial charge in [-0.25, -0.2) is 0 Å². The fourth-order valence-corrected chi connectivity index (χ4v) is 3.25. The summed E-state index contributed by atoms with van der Waals surface area (Å²) in [5, 5.41) is 0. The normalized spacial score (nSPS) is 19.7. The van der Waals surface area contributed by atoms with Crippen LogP contribution in [0.1, 0.15) is 0 Å². The molecule has 0 radical (unpaired) electrons. The Morgan fingerprint density at radius 3 is 2.92 bits per heavy atom. The molecule has 2 aliphatic rings. The lowest BCUT2D eigenvalue weighted by atomic mass is 10.3. The Balaban J connectivity index is 2.28. The third kappa shape index (κ3) is 1.54. The molecule has 0 bridgehead atoms. The average molecular weight is 192 g/mol. The van der Waals surface area contributed by atoms with E-state index in [0.29, 0.717) is 0 Å². The fourth-order valence-electron chi connectivity index (χ4n) is 1.45. The molecular formula is C10H12SSi. The second kappa shape index (κ2) is 3.19. The van der Waals surface area contributed by atoms with E-state index >= 15 is 0 Å². The maximum absolute atomic E-state index is 2.41. The van der Waals surface area contributed by atoms with Gasteiger partial charge in [0.15, 0.2) is 0 Å². The van der Waals surface area contributed by atoms with Gasteiger partial charge in [-0.1, -0.05) is 24.8 Å². The van der Waals surface area contributed by atoms with E-state index < -0.39 is 0 Å². The van der Waals surface area contributed by atoms with E-state index in [0.717, 1.165) is 0 Å². The second-order valence-electron chi connectivity index (χ2n) is 3.35. The summed E-state index contributed by atoms with van der Waals surface area (Å²) < 4.78 is 0. The summed E-state index contributed by atoms with van der Waals surface area (Å²) in [6, 6.07) is 0. The minimum absolute atomic E-state index is 0.222. The molecule has 62 valence electrons. The highest BCUT2D eigenvalue weighted by Crippen LogP contribution is 2.37. The molecule has 0 atom stereocenters. The summed E-state index contributed by atoms with van der Waals surface area (Å²) in [5.74, 6) is 1.17. The van der Waals surface area contributed by atoms with Crippen LogP contribution in [0, 0.1) is 0 Å². The van der Waals surface area contributed by atoms with Crippen molar-refractivity contribution in [2.75, 3.05) is 5.75 Å².